The normalized spacial score (nSPS) is 22.7. The van der Waals surface area contributed by atoms with Crippen LogP contribution in [0, 0.1) is 0 Å². The molecule has 0 bridgehead atoms. The van der Waals surface area contributed by atoms with Crippen LogP contribution in [0.2, 0.25) is 0 Å². The fourth-order valence-electron chi connectivity index (χ4n) is 2.90. The summed E-state index contributed by atoms with van der Waals surface area (Å²) in [5.41, 5.74) is 0.859. The highest BCUT2D eigenvalue weighted by molar-refractivity contribution is 7.89. The Labute approximate surface area is 149 Å². The zero-order valence-corrected chi connectivity index (χ0v) is 14.2. The van der Waals surface area contributed by atoms with Gasteiger partial charge in [0.05, 0.1) is 4.90 Å². The molecule has 8 heteroatoms. The van der Waals surface area contributed by atoms with E-state index in [9.17, 15) is 18.0 Å². The van der Waals surface area contributed by atoms with Gasteiger partial charge < -0.3 is 10.1 Å². The first-order valence-electron chi connectivity index (χ1n) is 7.85. The lowest BCUT2D eigenvalue weighted by Crippen LogP contribution is -2.56. The zero-order chi connectivity index (χ0) is 18.3. The molecule has 2 aliphatic rings. The van der Waals surface area contributed by atoms with Crippen molar-refractivity contribution in [3.8, 4) is 5.75 Å². The van der Waals surface area contributed by atoms with Crippen LogP contribution in [-0.2, 0) is 14.8 Å². The van der Waals surface area contributed by atoms with Crippen molar-refractivity contribution in [3.63, 3.8) is 0 Å². The number of benzene rings is 2. The summed E-state index contributed by atoms with van der Waals surface area (Å²) in [6.45, 7) is 0. The van der Waals surface area contributed by atoms with Gasteiger partial charge in [-0.25, -0.2) is 8.42 Å². The molecule has 2 N–H and O–H groups in total. The number of fused-ring (bicyclic) bond motifs is 2. The second kappa shape index (κ2) is 6.08. The molecule has 2 aromatic carbocycles. The molecule has 2 atom stereocenters. The first-order valence-corrected chi connectivity index (χ1v) is 9.34. The summed E-state index contributed by atoms with van der Waals surface area (Å²) in [4.78, 5) is 24.9. The van der Waals surface area contributed by atoms with E-state index in [0.29, 0.717) is 5.75 Å². The fraction of sp³-hybridized carbons (Fsp3) is 0.111. The van der Waals surface area contributed by atoms with Crippen LogP contribution < -0.4 is 14.8 Å². The van der Waals surface area contributed by atoms with E-state index < -0.39 is 34.0 Å². The van der Waals surface area contributed by atoms with Crippen molar-refractivity contribution >= 4 is 27.8 Å². The lowest BCUT2D eigenvalue weighted by molar-refractivity contribution is -0.123. The predicted octanol–water partition coefficient (Wildman–Crippen LogP) is 1.08. The summed E-state index contributed by atoms with van der Waals surface area (Å²) in [6.07, 6.45) is 2.61. The Bertz CT molecular complexity index is 1050. The highest BCUT2D eigenvalue weighted by Crippen LogP contribution is 2.25. The van der Waals surface area contributed by atoms with Crippen molar-refractivity contribution in [2.45, 2.75) is 17.2 Å². The van der Waals surface area contributed by atoms with Crippen molar-refractivity contribution in [2.75, 3.05) is 0 Å². The minimum Gasteiger partial charge on any atom is -0.466 e. The molecule has 0 aliphatic carbocycles. The quantitative estimate of drug-likeness (QED) is 0.771. The second-order valence-electron chi connectivity index (χ2n) is 5.86. The number of Topliss-reactive ketones (excluding diaryl/α,β-unsaturated/α-hetero) is 1. The lowest BCUT2D eigenvalue weighted by Gasteiger charge is -2.27. The van der Waals surface area contributed by atoms with Crippen molar-refractivity contribution < 1.29 is 22.7 Å². The van der Waals surface area contributed by atoms with E-state index in [1.54, 1.807) is 30.4 Å². The maximum absolute atomic E-state index is 12.5. The molecular formula is C18H14N2O5S. The average molecular weight is 370 g/mol. The van der Waals surface area contributed by atoms with Crippen molar-refractivity contribution in [3.05, 3.63) is 65.7 Å². The number of sulfonamides is 1. The monoisotopic (exact) mass is 370 g/mol. The van der Waals surface area contributed by atoms with E-state index in [1.165, 1.54) is 18.2 Å². The molecule has 0 spiro atoms. The van der Waals surface area contributed by atoms with Gasteiger partial charge >= 0.3 is 0 Å². The third kappa shape index (κ3) is 2.79. The molecule has 132 valence electrons. The van der Waals surface area contributed by atoms with Gasteiger partial charge in [-0.1, -0.05) is 30.3 Å². The van der Waals surface area contributed by atoms with Crippen molar-refractivity contribution in [1.82, 2.24) is 10.0 Å². The molecule has 7 nitrogen and oxygen atoms in total. The van der Waals surface area contributed by atoms with E-state index in [4.69, 9.17) is 4.74 Å². The molecule has 2 aromatic rings. The zero-order valence-electron chi connectivity index (χ0n) is 13.4. The van der Waals surface area contributed by atoms with Gasteiger partial charge in [-0.2, -0.15) is 4.72 Å². The van der Waals surface area contributed by atoms with Gasteiger partial charge in [-0.15, -0.1) is 0 Å². The number of ether oxygens (including phenoxy) is 1. The highest BCUT2D eigenvalue weighted by atomic mass is 32.2. The number of hydrogen-bond donors (Lipinski definition) is 2. The third-order valence-electron chi connectivity index (χ3n) is 4.15. The number of hydrogen-bond acceptors (Lipinski definition) is 5. The summed E-state index contributed by atoms with van der Waals surface area (Å²) in [5.74, 6) is -0.795. The van der Waals surface area contributed by atoms with Crippen LogP contribution >= 0.6 is 0 Å². The molecule has 2 unspecified atom stereocenters. The van der Waals surface area contributed by atoms with Crippen LogP contribution in [0.5, 0.6) is 5.75 Å². The summed E-state index contributed by atoms with van der Waals surface area (Å²) in [6, 6.07) is 11.5. The lowest BCUT2D eigenvalue weighted by atomic mass is 10.0. The summed E-state index contributed by atoms with van der Waals surface area (Å²) >= 11 is 0. The molecule has 0 saturated heterocycles. The Balaban J connectivity index is 1.56. The third-order valence-corrected chi connectivity index (χ3v) is 5.63. The smallest absolute Gasteiger partial charge is 0.249 e. The van der Waals surface area contributed by atoms with E-state index >= 15 is 0 Å². The Hall–Kier alpha value is -2.97. The molecule has 1 amide bonds. The number of carbonyl (C=O) groups is 2. The number of rotatable bonds is 2. The molecule has 0 saturated carbocycles. The van der Waals surface area contributed by atoms with Crippen LogP contribution in [0.3, 0.4) is 0 Å². The highest BCUT2D eigenvalue weighted by Gasteiger charge is 2.40. The van der Waals surface area contributed by atoms with Gasteiger partial charge in [-0.05, 0) is 30.4 Å². The molecule has 2 aliphatic heterocycles. The van der Waals surface area contributed by atoms with Gasteiger partial charge in [0.15, 0.2) is 18.1 Å². The summed E-state index contributed by atoms with van der Waals surface area (Å²) in [7, 11) is -3.95. The maximum Gasteiger partial charge on any atom is 0.249 e. The number of ketones is 1. The predicted molar refractivity (Wildman–Crippen MR) is 92.9 cm³/mol. The molecule has 4 rings (SSSR count). The standard InChI is InChI=1S/C18H14N2O5S/c21-17-12-6-2-4-8-14(12)26(23,24)20-16(17)18(22)19-15-10-9-11-5-1-3-7-13(11)25-15/h1-10,15-16,20H,(H,19,22). The van der Waals surface area contributed by atoms with Crippen LogP contribution in [0.15, 0.2) is 59.5 Å². The number of nitrogens with one attached hydrogen (secondary N) is 2. The minimum atomic E-state index is -3.95. The minimum absolute atomic E-state index is 0.00292. The fourth-order valence-corrected chi connectivity index (χ4v) is 4.27. The van der Waals surface area contributed by atoms with Crippen molar-refractivity contribution in [1.29, 1.82) is 0 Å². The topological polar surface area (TPSA) is 102 Å². The SMILES string of the molecule is O=C(NC1C=Cc2ccccc2O1)C1NS(=O)(=O)c2ccccc2C1=O. The van der Waals surface area contributed by atoms with Gasteiger partial charge in [0, 0.05) is 11.1 Å². The van der Waals surface area contributed by atoms with Gasteiger partial charge in [0.25, 0.3) is 0 Å². The molecule has 2 heterocycles. The van der Waals surface area contributed by atoms with Crippen LogP contribution in [0.25, 0.3) is 6.08 Å². The largest absolute Gasteiger partial charge is 0.466 e. The Kier molecular flexibility index (Phi) is 3.86. The molecule has 0 radical (unpaired) electrons. The Morgan fingerprint density at radius 2 is 1.81 bits per heavy atom. The van der Waals surface area contributed by atoms with Gasteiger partial charge in [-0.3, -0.25) is 9.59 Å². The van der Waals surface area contributed by atoms with Gasteiger partial charge in [0.1, 0.15) is 5.75 Å². The molecule has 26 heavy (non-hydrogen) atoms. The first kappa shape index (κ1) is 16.5. The van der Waals surface area contributed by atoms with Crippen LogP contribution in [0.1, 0.15) is 15.9 Å². The van der Waals surface area contributed by atoms with Gasteiger partial charge in [0.2, 0.25) is 15.9 Å². The first-order chi connectivity index (χ1) is 12.5. The molecular weight excluding hydrogens is 356 g/mol. The Morgan fingerprint density at radius 1 is 1.08 bits per heavy atom. The molecule has 0 fully saturated rings. The van der Waals surface area contributed by atoms with E-state index in [-0.39, 0.29) is 10.5 Å². The van der Waals surface area contributed by atoms with Crippen LogP contribution in [-0.4, -0.2) is 32.4 Å². The van der Waals surface area contributed by atoms with Crippen LogP contribution in [0.4, 0.5) is 0 Å². The molecule has 0 aromatic heterocycles. The second-order valence-corrected chi connectivity index (χ2v) is 7.54. The van der Waals surface area contributed by atoms with E-state index in [0.717, 1.165) is 5.56 Å². The number of amides is 1. The number of carbonyl (C=O) groups excluding carboxylic acids is 2. The Morgan fingerprint density at radius 3 is 2.65 bits per heavy atom. The maximum atomic E-state index is 12.5. The number of para-hydroxylation sites is 1. The summed E-state index contributed by atoms with van der Waals surface area (Å²) < 4.78 is 32.4. The van der Waals surface area contributed by atoms with Crippen molar-refractivity contribution in [2.24, 2.45) is 0 Å². The van der Waals surface area contributed by atoms with E-state index in [1.807, 2.05) is 12.1 Å². The van der Waals surface area contributed by atoms with E-state index in [2.05, 4.69) is 10.0 Å². The summed E-state index contributed by atoms with van der Waals surface area (Å²) in [5, 5.41) is 2.53. The average Bonchev–Trinajstić information content (AvgIpc) is 2.65.